The highest BCUT2D eigenvalue weighted by molar-refractivity contribution is 5.93. The monoisotopic (exact) mass is 227 g/mol. The summed E-state index contributed by atoms with van der Waals surface area (Å²) in [6.07, 6.45) is 1.41. The van der Waals surface area contributed by atoms with Crippen LogP contribution < -0.4 is 10.6 Å². The standard InChI is InChI=1S/C11H19N2O3/c1-3-8(2)11(5-6-12-10(11)16)13-9(15)4-7-14/h8,14H,3-7H2,1-2H3,(H,13,15). The lowest BCUT2D eigenvalue weighted by Crippen LogP contribution is -2.57. The first-order valence-electron chi connectivity index (χ1n) is 5.70. The molecule has 0 spiro atoms. The summed E-state index contributed by atoms with van der Waals surface area (Å²) in [5.74, 6) is -0.449. The molecule has 5 nitrogen and oxygen atoms in total. The molecule has 1 aliphatic heterocycles. The zero-order chi connectivity index (χ0) is 12.2. The van der Waals surface area contributed by atoms with Crippen molar-refractivity contribution >= 4 is 11.8 Å². The summed E-state index contributed by atoms with van der Waals surface area (Å²) in [4.78, 5) is 23.3. The summed E-state index contributed by atoms with van der Waals surface area (Å²) in [5.41, 5.74) is -0.832. The SMILES string of the molecule is CCC(C)C1(NC(=O)CCO)CC[N]C1=O. The lowest BCUT2D eigenvalue weighted by Gasteiger charge is -2.32. The third kappa shape index (κ3) is 2.35. The van der Waals surface area contributed by atoms with Crippen LogP contribution in [0.5, 0.6) is 0 Å². The van der Waals surface area contributed by atoms with Crippen molar-refractivity contribution in [1.29, 1.82) is 0 Å². The summed E-state index contributed by atoms with van der Waals surface area (Å²) in [7, 11) is 0. The van der Waals surface area contributed by atoms with Crippen LogP contribution in [0.25, 0.3) is 0 Å². The molecule has 0 saturated carbocycles. The van der Waals surface area contributed by atoms with Gasteiger partial charge >= 0.3 is 0 Å². The first-order valence-corrected chi connectivity index (χ1v) is 5.70. The lowest BCUT2D eigenvalue weighted by molar-refractivity contribution is -0.133. The number of aliphatic hydroxyl groups is 1. The molecule has 0 bridgehead atoms. The van der Waals surface area contributed by atoms with Gasteiger partial charge in [0.15, 0.2) is 0 Å². The molecule has 1 radical (unpaired) electrons. The number of hydrogen-bond donors (Lipinski definition) is 2. The van der Waals surface area contributed by atoms with Crippen molar-refractivity contribution in [3.63, 3.8) is 0 Å². The topological polar surface area (TPSA) is 80.5 Å². The smallest absolute Gasteiger partial charge is 0.267 e. The van der Waals surface area contributed by atoms with Crippen molar-refractivity contribution in [2.24, 2.45) is 5.92 Å². The maximum absolute atomic E-state index is 11.8. The second-order valence-corrected chi connectivity index (χ2v) is 4.24. The van der Waals surface area contributed by atoms with Gasteiger partial charge in [0.2, 0.25) is 5.91 Å². The largest absolute Gasteiger partial charge is 0.396 e. The molecule has 5 heteroatoms. The highest BCUT2D eigenvalue weighted by atomic mass is 16.3. The van der Waals surface area contributed by atoms with Gasteiger partial charge < -0.3 is 10.4 Å². The second kappa shape index (κ2) is 5.30. The Kier molecular flexibility index (Phi) is 4.29. The highest BCUT2D eigenvalue weighted by Gasteiger charge is 2.48. The van der Waals surface area contributed by atoms with Crippen LogP contribution in [0.15, 0.2) is 0 Å². The molecule has 2 unspecified atom stereocenters. The van der Waals surface area contributed by atoms with Gasteiger partial charge in [-0.3, -0.25) is 9.59 Å². The average Bonchev–Trinajstić information content (AvgIpc) is 2.60. The normalized spacial score (nSPS) is 26.3. The molecule has 1 aliphatic rings. The quantitative estimate of drug-likeness (QED) is 0.682. The van der Waals surface area contributed by atoms with Crippen molar-refractivity contribution in [3.8, 4) is 0 Å². The van der Waals surface area contributed by atoms with E-state index < -0.39 is 5.54 Å². The molecule has 0 aromatic rings. The van der Waals surface area contributed by atoms with Crippen molar-refractivity contribution in [2.75, 3.05) is 13.2 Å². The number of rotatable bonds is 5. The van der Waals surface area contributed by atoms with Crippen molar-refractivity contribution < 1.29 is 14.7 Å². The molecule has 0 aliphatic carbocycles. The van der Waals surface area contributed by atoms with Crippen LogP contribution in [0.3, 0.4) is 0 Å². The van der Waals surface area contributed by atoms with Gasteiger partial charge in [0.1, 0.15) is 5.54 Å². The van der Waals surface area contributed by atoms with E-state index in [1.54, 1.807) is 0 Å². The molecule has 1 heterocycles. The first-order chi connectivity index (χ1) is 7.56. The lowest BCUT2D eigenvalue weighted by atomic mass is 9.81. The van der Waals surface area contributed by atoms with Crippen LogP contribution in [-0.2, 0) is 9.59 Å². The van der Waals surface area contributed by atoms with Crippen LogP contribution in [-0.4, -0.2) is 35.6 Å². The Bertz CT molecular complexity index is 280. The minimum absolute atomic E-state index is 0.0332. The molecule has 16 heavy (non-hydrogen) atoms. The van der Waals surface area contributed by atoms with Gasteiger partial charge in [-0.15, -0.1) is 0 Å². The van der Waals surface area contributed by atoms with Gasteiger partial charge in [-0.25, -0.2) is 5.32 Å². The van der Waals surface area contributed by atoms with Gasteiger partial charge in [0.05, 0.1) is 6.61 Å². The molecule has 1 rings (SSSR count). The average molecular weight is 227 g/mol. The molecule has 0 aromatic carbocycles. The van der Waals surface area contributed by atoms with E-state index in [9.17, 15) is 9.59 Å². The number of aliphatic hydroxyl groups excluding tert-OH is 1. The predicted molar refractivity (Wildman–Crippen MR) is 58.7 cm³/mol. The van der Waals surface area contributed by atoms with E-state index in [4.69, 9.17) is 5.11 Å². The number of amides is 2. The number of hydrogen-bond acceptors (Lipinski definition) is 3. The molecule has 1 fully saturated rings. The van der Waals surface area contributed by atoms with Crippen molar-refractivity contribution in [1.82, 2.24) is 10.6 Å². The number of carbonyl (C=O) groups is 2. The number of carbonyl (C=O) groups excluding carboxylic acids is 2. The maximum atomic E-state index is 11.8. The zero-order valence-electron chi connectivity index (χ0n) is 9.82. The van der Waals surface area contributed by atoms with E-state index >= 15 is 0 Å². The summed E-state index contributed by atoms with van der Waals surface area (Å²) in [6.45, 7) is 4.20. The van der Waals surface area contributed by atoms with E-state index in [1.807, 2.05) is 13.8 Å². The third-order valence-electron chi connectivity index (χ3n) is 3.30. The summed E-state index contributed by atoms with van der Waals surface area (Å²) in [5, 5.41) is 15.3. The zero-order valence-corrected chi connectivity index (χ0v) is 9.82. The van der Waals surface area contributed by atoms with Crippen LogP contribution in [0.1, 0.15) is 33.1 Å². The van der Waals surface area contributed by atoms with Gasteiger partial charge in [-0.2, -0.15) is 0 Å². The molecular formula is C11H19N2O3. The Morgan fingerprint density at radius 3 is 2.81 bits per heavy atom. The fourth-order valence-electron chi connectivity index (χ4n) is 2.04. The Morgan fingerprint density at radius 1 is 1.69 bits per heavy atom. The maximum Gasteiger partial charge on any atom is 0.267 e. The van der Waals surface area contributed by atoms with E-state index in [1.165, 1.54) is 0 Å². The van der Waals surface area contributed by atoms with Gasteiger partial charge in [0.25, 0.3) is 5.91 Å². The Labute approximate surface area is 95.6 Å². The predicted octanol–water partition coefficient (Wildman–Crippen LogP) is -0.195. The van der Waals surface area contributed by atoms with Gasteiger partial charge in [-0.1, -0.05) is 20.3 Å². The Morgan fingerprint density at radius 2 is 2.38 bits per heavy atom. The molecule has 2 N–H and O–H groups in total. The highest BCUT2D eigenvalue weighted by Crippen LogP contribution is 2.28. The van der Waals surface area contributed by atoms with Gasteiger partial charge in [-0.05, 0) is 12.3 Å². The molecule has 2 atom stereocenters. The van der Waals surface area contributed by atoms with E-state index in [0.717, 1.165) is 6.42 Å². The van der Waals surface area contributed by atoms with Crippen LogP contribution in [0.2, 0.25) is 0 Å². The molecule has 0 aromatic heterocycles. The van der Waals surface area contributed by atoms with Crippen LogP contribution in [0, 0.1) is 5.92 Å². The fraction of sp³-hybridized carbons (Fsp3) is 0.818. The summed E-state index contributed by atoms with van der Waals surface area (Å²) in [6, 6.07) is 0. The van der Waals surface area contributed by atoms with Crippen molar-refractivity contribution in [3.05, 3.63) is 0 Å². The molecule has 2 amide bonds. The minimum Gasteiger partial charge on any atom is -0.396 e. The van der Waals surface area contributed by atoms with E-state index in [2.05, 4.69) is 10.6 Å². The number of nitrogens with one attached hydrogen (secondary N) is 1. The molecule has 91 valence electrons. The minimum atomic E-state index is -0.832. The van der Waals surface area contributed by atoms with E-state index in [-0.39, 0.29) is 30.8 Å². The molecular weight excluding hydrogens is 208 g/mol. The Balaban J connectivity index is 2.79. The summed E-state index contributed by atoms with van der Waals surface area (Å²) >= 11 is 0. The molecule has 1 saturated heterocycles. The fourth-order valence-corrected chi connectivity index (χ4v) is 2.04. The van der Waals surface area contributed by atoms with Crippen LogP contribution >= 0.6 is 0 Å². The third-order valence-corrected chi connectivity index (χ3v) is 3.30. The second-order valence-electron chi connectivity index (χ2n) is 4.24. The van der Waals surface area contributed by atoms with Crippen LogP contribution in [0.4, 0.5) is 0 Å². The summed E-state index contributed by atoms with van der Waals surface area (Å²) < 4.78 is 0. The van der Waals surface area contributed by atoms with Crippen molar-refractivity contribution in [2.45, 2.75) is 38.6 Å². The van der Waals surface area contributed by atoms with Gasteiger partial charge in [0, 0.05) is 13.0 Å². The number of nitrogens with zero attached hydrogens (tertiary/aromatic N) is 1. The Hall–Kier alpha value is -1.10. The van der Waals surface area contributed by atoms with E-state index in [0.29, 0.717) is 13.0 Å². The first kappa shape index (κ1) is 13.0.